The van der Waals surface area contributed by atoms with Crippen molar-refractivity contribution in [2.75, 3.05) is 6.54 Å². The summed E-state index contributed by atoms with van der Waals surface area (Å²) in [7, 11) is 0. The molecule has 0 heterocycles. The molecular weight excluding hydrogens is 231 g/mol. The summed E-state index contributed by atoms with van der Waals surface area (Å²) in [4.78, 5) is 11.8. The number of alkyl halides is 3. The molecule has 94 valence electrons. The Balaban J connectivity index is 3.10. The van der Waals surface area contributed by atoms with Gasteiger partial charge in [0.2, 0.25) is 0 Å². The van der Waals surface area contributed by atoms with Crippen molar-refractivity contribution >= 4 is 5.78 Å². The van der Waals surface area contributed by atoms with Crippen LogP contribution >= 0.6 is 0 Å². The normalized spacial score (nSPS) is 13.5. The third-order valence-corrected chi connectivity index (χ3v) is 2.55. The summed E-state index contributed by atoms with van der Waals surface area (Å²) in [6, 6.07) is 4.82. The van der Waals surface area contributed by atoms with Gasteiger partial charge < -0.3 is 5.73 Å². The lowest BCUT2D eigenvalue weighted by Crippen LogP contribution is -2.20. The van der Waals surface area contributed by atoms with E-state index in [4.69, 9.17) is 5.73 Å². The molecule has 2 nitrogen and oxygen atoms in total. The van der Waals surface area contributed by atoms with Gasteiger partial charge in [-0.05, 0) is 19.0 Å². The monoisotopic (exact) mass is 245 g/mol. The number of hydrogen-bond acceptors (Lipinski definition) is 2. The highest BCUT2D eigenvalue weighted by atomic mass is 19.4. The zero-order chi connectivity index (χ0) is 13.1. The van der Waals surface area contributed by atoms with E-state index in [1.165, 1.54) is 18.2 Å². The molecule has 1 aromatic rings. The first-order valence-electron chi connectivity index (χ1n) is 5.28. The minimum atomic E-state index is -4.51. The molecule has 0 radical (unpaired) electrons. The molecule has 0 aliphatic heterocycles. The van der Waals surface area contributed by atoms with E-state index < -0.39 is 23.4 Å². The minimum absolute atomic E-state index is 0.277. The largest absolute Gasteiger partial charge is 0.417 e. The molecule has 0 saturated heterocycles. The average Bonchev–Trinajstić information content (AvgIpc) is 2.27. The van der Waals surface area contributed by atoms with Crippen molar-refractivity contribution in [1.29, 1.82) is 0 Å². The van der Waals surface area contributed by atoms with Gasteiger partial charge in [0.25, 0.3) is 0 Å². The fourth-order valence-corrected chi connectivity index (χ4v) is 1.59. The third kappa shape index (κ3) is 3.30. The molecule has 0 fully saturated rings. The Morgan fingerprint density at radius 1 is 1.35 bits per heavy atom. The summed E-state index contributed by atoms with van der Waals surface area (Å²) in [5.74, 6) is -1.01. The number of Topliss-reactive ketones (excluding diaryl/α,β-unsaturated/α-hetero) is 1. The number of halogens is 3. The number of carbonyl (C=O) groups is 1. The van der Waals surface area contributed by atoms with Crippen molar-refractivity contribution in [3.8, 4) is 0 Å². The van der Waals surface area contributed by atoms with Crippen LogP contribution < -0.4 is 5.73 Å². The van der Waals surface area contributed by atoms with Gasteiger partial charge in [-0.1, -0.05) is 25.1 Å². The summed E-state index contributed by atoms with van der Waals surface area (Å²) < 4.78 is 38.0. The first-order chi connectivity index (χ1) is 7.88. The quantitative estimate of drug-likeness (QED) is 0.829. The zero-order valence-electron chi connectivity index (χ0n) is 9.42. The first-order valence-corrected chi connectivity index (χ1v) is 5.28. The zero-order valence-corrected chi connectivity index (χ0v) is 9.42. The minimum Gasteiger partial charge on any atom is -0.330 e. The second kappa shape index (κ2) is 5.31. The molecular formula is C12H14F3NO. The number of hydrogen-bond donors (Lipinski definition) is 1. The molecule has 17 heavy (non-hydrogen) atoms. The summed E-state index contributed by atoms with van der Waals surface area (Å²) in [6.45, 7) is 1.86. The van der Waals surface area contributed by atoms with Gasteiger partial charge in [0.1, 0.15) is 0 Å². The molecule has 0 saturated carbocycles. The van der Waals surface area contributed by atoms with Crippen LogP contribution in [-0.2, 0) is 6.18 Å². The second-order valence-electron chi connectivity index (χ2n) is 3.89. The molecule has 1 aromatic carbocycles. The van der Waals surface area contributed by atoms with Crippen LogP contribution in [0.15, 0.2) is 24.3 Å². The van der Waals surface area contributed by atoms with E-state index in [9.17, 15) is 18.0 Å². The first kappa shape index (κ1) is 13.7. The van der Waals surface area contributed by atoms with E-state index in [1.54, 1.807) is 6.92 Å². The van der Waals surface area contributed by atoms with Gasteiger partial charge in [0.05, 0.1) is 5.56 Å². The van der Waals surface area contributed by atoms with Crippen molar-refractivity contribution in [2.24, 2.45) is 11.7 Å². The number of nitrogens with two attached hydrogens (primary N) is 1. The van der Waals surface area contributed by atoms with Crippen molar-refractivity contribution < 1.29 is 18.0 Å². The smallest absolute Gasteiger partial charge is 0.330 e. The van der Waals surface area contributed by atoms with Crippen LogP contribution in [0.2, 0.25) is 0 Å². The van der Waals surface area contributed by atoms with E-state index in [2.05, 4.69) is 0 Å². The van der Waals surface area contributed by atoms with Gasteiger partial charge in [-0.15, -0.1) is 0 Å². The maximum atomic E-state index is 12.7. The van der Waals surface area contributed by atoms with Gasteiger partial charge in [-0.3, -0.25) is 4.79 Å². The highest BCUT2D eigenvalue weighted by molar-refractivity contribution is 5.99. The molecule has 0 aliphatic rings. The SMILES string of the molecule is CC(CCN)C(=O)c1ccccc1C(F)(F)F. The summed E-state index contributed by atoms with van der Waals surface area (Å²) in [5, 5.41) is 0. The predicted molar refractivity (Wildman–Crippen MR) is 58.6 cm³/mol. The van der Waals surface area contributed by atoms with Crippen molar-refractivity contribution in [1.82, 2.24) is 0 Å². The molecule has 2 N–H and O–H groups in total. The molecule has 0 spiro atoms. The van der Waals surface area contributed by atoms with E-state index in [-0.39, 0.29) is 12.1 Å². The fourth-order valence-electron chi connectivity index (χ4n) is 1.59. The van der Waals surface area contributed by atoms with Crippen LogP contribution in [0.25, 0.3) is 0 Å². The van der Waals surface area contributed by atoms with Crippen LogP contribution in [0.1, 0.15) is 29.3 Å². The van der Waals surface area contributed by atoms with Crippen LogP contribution in [0.5, 0.6) is 0 Å². The number of benzene rings is 1. The molecule has 1 unspecified atom stereocenters. The topological polar surface area (TPSA) is 43.1 Å². The number of rotatable bonds is 4. The Bertz CT molecular complexity index is 401. The predicted octanol–water partition coefficient (Wildman–Crippen LogP) is 2.87. The van der Waals surface area contributed by atoms with Crippen molar-refractivity contribution in [3.05, 3.63) is 35.4 Å². The van der Waals surface area contributed by atoms with Crippen LogP contribution in [0.4, 0.5) is 13.2 Å². The number of carbonyl (C=O) groups excluding carboxylic acids is 1. The molecule has 0 aliphatic carbocycles. The molecule has 0 bridgehead atoms. The van der Waals surface area contributed by atoms with Gasteiger partial charge in [-0.2, -0.15) is 13.2 Å². The van der Waals surface area contributed by atoms with Crippen LogP contribution in [-0.4, -0.2) is 12.3 Å². The third-order valence-electron chi connectivity index (χ3n) is 2.55. The van der Waals surface area contributed by atoms with Crippen LogP contribution in [0.3, 0.4) is 0 Å². The number of ketones is 1. The van der Waals surface area contributed by atoms with E-state index >= 15 is 0 Å². The standard InChI is InChI=1S/C12H14F3NO/c1-8(6-7-16)11(17)9-4-2-3-5-10(9)12(13,14)15/h2-5,8H,6-7,16H2,1H3. The second-order valence-corrected chi connectivity index (χ2v) is 3.89. The lowest BCUT2D eigenvalue weighted by atomic mass is 9.93. The van der Waals surface area contributed by atoms with Gasteiger partial charge >= 0.3 is 6.18 Å². The van der Waals surface area contributed by atoms with Gasteiger partial charge in [0, 0.05) is 11.5 Å². The molecule has 0 amide bonds. The van der Waals surface area contributed by atoms with E-state index in [0.29, 0.717) is 6.42 Å². The summed E-state index contributed by atoms with van der Waals surface area (Å²) in [6.07, 6.45) is -4.13. The van der Waals surface area contributed by atoms with Crippen LogP contribution in [0, 0.1) is 5.92 Å². The molecule has 0 aromatic heterocycles. The van der Waals surface area contributed by atoms with E-state index in [1.807, 2.05) is 0 Å². The molecule has 1 rings (SSSR count). The van der Waals surface area contributed by atoms with Gasteiger partial charge in [0.15, 0.2) is 5.78 Å². The van der Waals surface area contributed by atoms with Gasteiger partial charge in [-0.25, -0.2) is 0 Å². The molecule has 1 atom stereocenters. The lowest BCUT2D eigenvalue weighted by Gasteiger charge is -2.14. The lowest BCUT2D eigenvalue weighted by molar-refractivity contribution is -0.137. The summed E-state index contributed by atoms with van der Waals surface area (Å²) in [5.41, 5.74) is 4.14. The average molecular weight is 245 g/mol. The summed E-state index contributed by atoms with van der Waals surface area (Å²) >= 11 is 0. The highest BCUT2D eigenvalue weighted by Gasteiger charge is 2.35. The molecule has 5 heteroatoms. The highest BCUT2D eigenvalue weighted by Crippen LogP contribution is 2.33. The fraction of sp³-hybridized carbons (Fsp3) is 0.417. The van der Waals surface area contributed by atoms with E-state index in [0.717, 1.165) is 6.07 Å². The Hall–Kier alpha value is -1.36. The van der Waals surface area contributed by atoms with Crippen molar-refractivity contribution in [2.45, 2.75) is 19.5 Å². The maximum absolute atomic E-state index is 12.7. The van der Waals surface area contributed by atoms with Crippen molar-refractivity contribution in [3.63, 3.8) is 0 Å². The Kier molecular flexibility index (Phi) is 4.28. The maximum Gasteiger partial charge on any atom is 0.417 e. The Morgan fingerprint density at radius 2 is 1.94 bits per heavy atom. The Morgan fingerprint density at radius 3 is 2.47 bits per heavy atom. The Labute approximate surface area is 97.6 Å².